The number of aliphatic hydroxyl groups excluding tert-OH is 2. The molecule has 0 aromatic heterocycles. The second kappa shape index (κ2) is 7.99. The molecule has 0 aromatic rings. The Labute approximate surface area is 190 Å². The number of rotatable bonds is 4. The summed E-state index contributed by atoms with van der Waals surface area (Å²) < 4.78 is 0. The fraction of sp³-hybridized carbons (Fsp3) is 0.857. The predicted octanol–water partition coefficient (Wildman–Crippen LogP) is 5.50. The third-order valence-electron chi connectivity index (χ3n) is 10.7. The summed E-state index contributed by atoms with van der Waals surface area (Å²) in [5.41, 5.74) is 0.160. The molecular weight excluding hydrogens is 384 g/mol. The summed E-state index contributed by atoms with van der Waals surface area (Å²) >= 11 is 0. The van der Waals surface area contributed by atoms with E-state index in [0.29, 0.717) is 41.9 Å². The minimum Gasteiger partial charge on any atom is -0.393 e. The maximum atomic E-state index is 11.6. The lowest BCUT2D eigenvalue weighted by molar-refractivity contribution is -0.210. The Bertz CT molecular complexity index is 741. The van der Waals surface area contributed by atoms with Crippen molar-refractivity contribution in [1.29, 1.82) is 0 Å². The monoisotopic (exact) mass is 430 g/mol. The topological polar surface area (TPSA) is 60.7 Å². The zero-order chi connectivity index (χ0) is 22.8. The van der Waals surface area contributed by atoms with E-state index in [1.807, 2.05) is 6.08 Å². The number of allylic oxidation sites excluding steroid dienone is 3. The van der Waals surface area contributed by atoms with E-state index >= 15 is 0 Å². The largest absolute Gasteiger partial charge is 0.393 e. The SMILES string of the molecule is CC(C)C(C)/C=C/[C@@H](C)C1CCC2C3=CC(O)[C@@]4(O)CC(O)CCC4(C)C3CCC21C. The fourth-order valence-corrected chi connectivity index (χ4v) is 8.16. The maximum Gasteiger partial charge on any atom is 0.102 e. The van der Waals surface area contributed by atoms with Crippen LogP contribution in [-0.4, -0.2) is 33.1 Å². The third kappa shape index (κ3) is 3.49. The average Bonchev–Trinajstić information content (AvgIpc) is 3.05. The Morgan fingerprint density at radius 1 is 0.935 bits per heavy atom. The van der Waals surface area contributed by atoms with Crippen LogP contribution in [0, 0.1) is 46.3 Å². The number of aliphatic hydroxyl groups is 3. The maximum absolute atomic E-state index is 11.6. The van der Waals surface area contributed by atoms with Crippen LogP contribution >= 0.6 is 0 Å². The first-order valence-electron chi connectivity index (χ1n) is 12.9. The molecule has 31 heavy (non-hydrogen) atoms. The van der Waals surface area contributed by atoms with E-state index in [-0.39, 0.29) is 10.8 Å². The summed E-state index contributed by atoms with van der Waals surface area (Å²) in [6.45, 7) is 14.0. The Balaban J connectivity index is 1.61. The van der Waals surface area contributed by atoms with Gasteiger partial charge in [-0.05, 0) is 79.4 Å². The molecule has 0 bridgehead atoms. The minimum atomic E-state index is -1.20. The standard InChI is InChI=1S/C28H46O3/c1-17(2)18(3)7-8-19(4)22-9-10-23-21-15-25(30)28(31)16-20(29)11-14-27(28,6)24(21)12-13-26(22,23)5/h7-8,15,17-20,22-25,29-31H,9-14,16H2,1-6H3/b8-7+/t18?,19-,20?,22?,23?,24?,25?,26?,27?,28+/m1/s1. The van der Waals surface area contributed by atoms with Crippen LogP contribution in [0.1, 0.15) is 86.5 Å². The van der Waals surface area contributed by atoms with Crippen LogP contribution in [0.15, 0.2) is 23.8 Å². The van der Waals surface area contributed by atoms with Crippen molar-refractivity contribution in [3.05, 3.63) is 23.8 Å². The van der Waals surface area contributed by atoms with Crippen LogP contribution in [0.25, 0.3) is 0 Å². The Morgan fingerprint density at radius 2 is 1.65 bits per heavy atom. The fourth-order valence-electron chi connectivity index (χ4n) is 8.16. The van der Waals surface area contributed by atoms with Crippen molar-refractivity contribution in [3.63, 3.8) is 0 Å². The van der Waals surface area contributed by atoms with Crippen molar-refractivity contribution in [1.82, 2.24) is 0 Å². The Kier molecular flexibility index (Phi) is 6.06. The van der Waals surface area contributed by atoms with Gasteiger partial charge in [0.1, 0.15) is 11.7 Å². The molecule has 3 nitrogen and oxygen atoms in total. The molecule has 4 aliphatic carbocycles. The van der Waals surface area contributed by atoms with Crippen molar-refractivity contribution >= 4 is 0 Å². The van der Waals surface area contributed by atoms with Crippen LogP contribution in [0.4, 0.5) is 0 Å². The Hall–Kier alpha value is -0.640. The van der Waals surface area contributed by atoms with Gasteiger partial charge >= 0.3 is 0 Å². The first-order valence-corrected chi connectivity index (χ1v) is 12.9. The summed E-state index contributed by atoms with van der Waals surface area (Å²) in [5, 5.41) is 32.9. The van der Waals surface area contributed by atoms with Crippen molar-refractivity contribution < 1.29 is 15.3 Å². The normalized spacial score (nSPS) is 49.4. The highest BCUT2D eigenvalue weighted by molar-refractivity contribution is 5.33. The molecule has 3 fully saturated rings. The summed E-state index contributed by atoms with van der Waals surface area (Å²) in [6.07, 6.45) is 12.1. The molecule has 3 saturated carbocycles. The molecule has 0 radical (unpaired) electrons. The smallest absolute Gasteiger partial charge is 0.102 e. The van der Waals surface area contributed by atoms with E-state index in [1.54, 1.807) is 0 Å². The van der Waals surface area contributed by atoms with E-state index in [0.717, 1.165) is 19.3 Å². The van der Waals surface area contributed by atoms with E-state index in [9.17, 15) is 15.3 Å². The summed E-state index contributed by atoms with van der Waals surface area (Å²) in [7, 11) is 0. The molecule has 3 heteroatoms. The summed E-state index contributed by atoms with van der Waals surface area (Å²) in [5.74, 6) is 3.37. The van der Waals surface area contributed by atoms with Gasteiger partial charge in [-0.2, -0.15) is 0 Å². The molecule has 0 amide bonds. The van der Waals surface area contributed by atoms with Gasteiger partial charge in [-0.3, -0.25) is 0 Å². The third-order valence-corrected chi connectivity index (χ3v) is 10.7. The minimum absolute atomic E-state index is 0.271. The molecule has 0 saturated heterocycles. The Morgan fingerprint density at radius 3 is 2.32 bits per heavy atom. The lowest BCUT2D eigenvalue weighted by atomic mass is 9.45. The summed E-state index contributed by atoms with van der Waals surface area (Å²) in [4.78, 5) is 0. The van der Waals surface area contributed by atoms with Gasteiger partial charge < -0.3 is 15.3 Å². The van der Waals surface area contributed by atoms with Gasteiger partial charge in [-0.1, -0.05) is 65.3 Å². The van der Waals surface area contributed by atoms with Gasteiger partial charge in [0.25, 0.3) is 0 Å². The second-order valence-electron chi connectivity index (χ2n) is 12.5. The first kappa shape index (κ1) is 23.5. The van der Waals surface area contributed by atoms with Gasteiger partial charge in [-0.25, -0.2) is 0 Å². The molecular formula is C28H46O3. The van der Waals surface area contributed by atoms with Crippen LogP contribution in [0.5, 0.6) is 0 Å². The van der Waals surface area contributed by atoms with Crippen molar-refractivity contribution in [2.24, 2.45) is 46.3 Å². The van der Waals surface area contributed by atoms with Gasteiger partial charge in [0.15, 0.2) is 0 Å². The highest BCUT2D eigenvalue weighted by Crippen LogP contribution is 2.67. The highest BCUT2D eigenvalue weighted by atomic mass is 16.3. The lowest BCUT2D eigenvalue weighted by Crippen LogP contribution is -2.65. The van der Waals surface area contributed by atoms with Gasteiger partial charge in [0.2, 0.25) is 0 Å². The molecule has 10 atom stereocenters. The van der Waals surface area contributed by atoms with E-state index < -0.39 is 17.8 Å². The number of fused-ring (bicyclic) bond motifs is 5. The van der Waals surface area contributed by atoms with Crippen LogP contribution in [-0.2, 0) is 0 Å². The predicted molar refractivity (Wildman–Crippen MR) is 126 cm³/mol. The molecule has 0 heterocycles. The molecule has 0 spiro atoms. The van der Waals surface area contributed by atoms with Crippen molar-refractivity contribution in [2.75, 3.05) is 0 Å². The lowest BCUT2D eigenvalue weighted by Gasteiger charge is -2.62. The summed E-state index contributed by atoms with van der Waals surface area (Å²) in [6, 6.07) is 0. The zero-order valence-corrected chi connectivity index (χ0v) is 20.6. The van der Waals surface area contributed by atoms with Crippen molar-refractivity contribution in [3.8, 4) is 0 Å². The highest BCUT2D eigenvalue weighted by Gasteiger charge is 2.64. The van der Waals surface area contributed by atoms with Crippen molar-refractivity contribution in [2.45, 2.75) is 104 Å². The van der Waals surface area contributed by atoms with E-state index in [1.165, 1.54) is 24.8 Å². The number of hydrogen-bond donors (Lipinski definition) is 3. The molecule has 4 rings (SSSR count). The molecule has 3 N–H and O–H groups in total. The number of hydrogen-bond acceptors (Lipinski definition) is 3. The quantitative estimate of drug-likeness (QED) is 0.516. The molecule has 8 unspecified atom stereocenters. The zero-order valence-electron chi connectivity index (χ0n) is 20.6. The molecule has 0 aromatic carbocycles. The second-order valence-corrected chi connectivity index (χ2v) is 12.5. The van der Waals surface area contributed by atoms with E-state index in [2.05, 4.69) is 53.7 Å². The van der Waals surface area contributed by atoms with Gasteiger partial charge in [-0.15, -0.1) is 0 Å². The average molecular weight is 431 g/mol. The molecule has 176 valence electrons. The van der Waals surface area contributed by atoms with Crippen LogP contribution < -0.4 is 0 Å². The van der Waals surface area contributed by atoms with Gasteiger partial charge in [0, 0.05) is 11.8 Å². The first-order chi connectivity index (χ1) is 14.4. The van der Waals surface area contributed by atoms with Gasteiger partial charge in [0.05, 0.1) is 6.10 Å². The van der Waals surface area contributed by atoms with Crippen LogP contribution in [0.3, 0.4) is 0 Å². The molecule has 0 aliphatic heterocycles. The molecule has 4 aliphatic rings. The van der Waals surface area contributed by atoms with Crippen LogP contribution in [0.2, 0.25) is 0 Å². The van der Waals surface area contributed by atoms with E-state index in [4.69, 9.17) is 0 Å².